The lowest BCUT2D eigenvalue weighted by atomic mass is 10.1. The number of nitrogens with zero attached hydrogens (tertiary/aromatic N) is 4. The molecule has 8 nitrogen and oxygen atoms in total. The van der Waals surface area contributed by atoms with Crippen LogP contribution >= 0.6 is 0 Å². The Balaban J connectivity index is 1.66. The molecule has 8 heteroatoms. The Kier molecular flexibility index (Phi) is 4.82. The SMILES string of the molecule is COc1ccccc1-n1ccn(Cc2nc(-c3ccccc3C)no2)c(=O)c1=O. The first-order valence-corrected chi connectivity index (χ1v) is 8.92. The fourth-order valence-electron chi connectivity index (χ4n) is 3.05. The van der Waals surface area contributed by atoms with Crippen LogP contribution in [0, 0.1) is 6.92 Å². The molecule has 2 heterocycles. The van der Waals surface area contributed by atoms with E-state index in [4.69, 9.17) is 9.26 Å². The second-order valence-electron chi connectivity index (χ2n) is 6.40. The maximum atomic E-state index is 12.6. The van der Waals surface area contributed by atoms with Gasteiger partial charge in [0.05, 0.1) is 12.8 Å². The van der Waals surface area contributed by atoms with E-state index < -0.39 is 11.1 Å². The molecule has 0 amide bonds. The fourth-order valence-corrected chi connectivity index (χ4v) is 3.05. The summed E-state index contributed by atoms with van der Waals surface area (Å²) in [7, 11) is 1.51. The number of para-hydroxylation sites is 2. The van der Waals surface area contributed by atoms with Gasteiger partial charge in [-0.1, -0.05) is 41.6 Å². The van der Waals surface area contributed by atoms with Crippen molar-refractivity contribution in [3.8, 4) is 22.8 Å². The van der Waals surface area contributed by atoms with Crippen molar-refractivity contribution in [2.24, 2.45) is 0 Å². The Bertz CT molecular complexity index is 1290. The predicted molar refractivity (Wildman–Crippen MR) is 106 cm³/mol. The summed E-state index contributed by atoms with van der Waals surface area (Å²) in [6.45, 7) is 1.95. The number of aromatic nitrogens is 4. The van der Waals surface area contributed by atoms with Crippen molar-refractivity contribution >= 4 is 0 Å². The van der Waals surface area contributed by atoms with Crippen LogP contribution in [-0.4, -0.2) is 26.4 Å². The van der Waals surface area contributed by atoms with Crippen molar-refractivity contribution in [3.05, 3.63) is 93.1 Å². The quantitative estimate of drug-likeness (QED) is 0.486. The van der Waals surface area contributed by atoms with E-state index >= 15 is 0 Å². The topological polar surface area (TPSA) is 92.2 Å². The van der Waals surface area contributed by atoms with Gasteiger partial charge in [0.15, 0.2) is 0 Å². The molecule has 0 fully saturated rings. The van der Waals surface area contributed by atoms with E-state index in [1.165, 1.54) is 28.6 Å². The van der Waals surface area contributed by atoms with Crippen LogP contribution in [0.3, 0.4) is 0 Å². The molecule has 0 saturated carbocycles. The van der Waals surface area contributed by atoms with Crippen LogP contribution in [0.1, 0.15) is 11.5 Å². The number of ether oxygens (including phenoxy) is 1. The lowest BCUT2D eigenvalue weighted by Crippen LogP contribution is -2.40. The molecular formula is C21H18N4O4. The van der Waals surface area contributed by atoms with Gasteiger partial charge in [0, 0.05) is 18.0 Å². The molecule has 0 radical (unpaired) electrons. The number of aryl methyl sites for hydroxylation is 1. The smallest absolute Gasteiger partial charge is 0.321 e. The number of hydrogen-bond donors (Lipinski definition) is 0. The highest BCUT2D eigenvalue weighted by molar-refractivity contribution is 5.58. The molecule has 0 atom stereocenters. The van der Waals surface area contributed by atoms with Gasteiger partial charge in [0.1, 0.15) is 12.3 Å². The zero-order valence-electron chi connectivity index (χ0n) is 15.9. The predicted octanol–water partition coefficient (Wildman–Crippen LogP) is 2.41. The van der Waals surface area contributed by atoms with Gasteiger partial charge in [0.2, 0.25) is 11.7 Å². The van der Waals surface area contributed by atoms with E-state index in [9.17, 15) is 9.59 Å². The van der Waals surface area contributed by atoms with Crippen LogP contribution in [0.2, 0.25) is 0 Å². The molecule has 4 rings (SSSR count). The average Bonchev–Trinajstić information content (AvgIpc) is 3.20. The lowest BCUT2D eigenvalue weighted by molar-refractivity contribution is 0.369. The van der Waals surface area contributed by atoms with E-state index in [-0.39, 0.29) is 12.4 Å². The highest BCUT2D eigenvalue weighted by atomic mass is 16.5. The summed E-state index contributed by atoms with van der Waals surface area (Å²) in [5.41, 5.74) is 0.950. The number of hydrogen-bond acceptors (Lipinski definition) is 6. The third-order valence-electron chi connectivity index (χ3n) is 4.56. The Labute approximate surface area is 165 Å². The standard InChI is InChI=1S/C21H18N4O4/c1-14-7-3-4-8-15(14)19-22-18(29-23-19)13-24-11-12-25(21(27)20(24)26)16-9-5-6-10-17(16)28-2/h3-12H,13H2,1-2H3. The highest BCUT2D eigenvalue weighted by Crippen LogP contribution is 2.21. The van der Waals surface area contributed by atoms with E-state index in [2.05, 4.69) is 10.1 Å². The van der Waals surface area contributed by atoms with Crippen molar-refractivity contribution in [2.75, 3.05) is 7.11 Å². The van der Waals surface area contributed by atoms with Gasteiger partial charge in [-0.2, -0.15) is 4.98 Å². The summed E-state index contributed by atoms with van der Waals surface area (Å²) in [6.07, 6.45) is 3.02. The first-order chi connectivity index (χ1) is 14.1. The van der Waals surface area contributed by atoms with Crippen molar-refractivity contribution < 1.29 is 9.26 Å². The van der Waals surface area contributed by atoms with Crippen LogP contribution in [0.15, 0.2) is 75.0 Å². The van der Waals surface area contributed by atoms with E-state index in [0.29, 0.717) is 17.3 Å². The van der Waals surface area contributed by atoms with E-state index in [0.717, 1.165) is 11.1 Å². The largest absolute Gasteiger partial charge is 0.495 e. The van der Waals surface area contributed by atoms with Crippen molar-refractivity contribution in [3.63, 3.8) is 0 Å². The lowest BCUT2D eigenvalue weighted by Gasteiger charge is -2.11. The van der Waals surface area contributed by atoms with Gasteiger partial charge >= 0.3 is 11.1 Å². The molecule has 0 N–H and O–H groups in total. The van der Waals surface area contributed by atoms with Gasteiger partial charge in [-0.15, -0.1) is 0 Å². The van der Waals surface area contributed by atoms with Crippen molar-refractivity contribution in [2.45, 2.75) is 13.5 Å². The number of benzene rings is 2. The second-order valence-corrected chi connectivity index (χ2v) is 6.40. The molecule has 2 aromatic heterocycles. The number of methoxy groups -OCH3 is 1. The minimum Gasteiger partial charge on any atom is -0.495 e. The molecule has 29 heavy (non-hydrogen) atoms. The van der Waals surface area contributed by atoms with Gasteiger partial charge in [-0.05, 0) is 24.6 Å². The van der Waals surface area contributed by atoms with Gasteiger partial charge in [0.25, 0.3) is 0 Å². The van der Waals surface area contributed by atoms with Crippen LogP contribution in [0.25, 0.3) is 17.1 Å². The van der Waals surface area contributed by atoms with Crippen LogP contribution in [-0.2, 0) is 6.54 Å². The molecule has 0 saturated heterocycles. The van der Waals surface area contributed by atoms with Gasteiger partial charge in [-0.3, -0.25) is 18.7 Å². The fraction of sp³-hybridized carbons (Fsp3) is 0.143. The molecule has 2 aromatic carbocycles. The monoisotopic (exact) mass is 390 g/mol. The van der Waals surface area contributed by atoms with E-state index in [1.807, 2.05) is 31.2 Å². The zero-order valence-corrected chi connectivity index (χ0v) is 15.9. The minimum absolute atomic E-state index is 0.000279. The summed E-state index contributed by atoms with van der Waals surface area (Å²) < 4.78 is 13.0. The van der Waals surface area contributed by atoms with Crippen molar-refractivity contribution in [1.29, 1.82) is 0 Å². The normalized spacial score (nSPS) is 10.8. The minimum atomic E-state index is -0.700. The summed E-state index contributed by atoms with van der Waals surface area (Å²) in [5.74, 6) is 1.17. The molecule has 0 aliphatic carbocycles. The Morgan fingerprint density at radius 2 is 1.76 bits per heavy atom. The van der Waals surface area contributed by atoms with Crippen LogP contribution in [0.4, 0.5) is 0 Å². The Morgan fingerprint density at radius 3 is 2.55 bits per heavy atom. The van der Waals surface area contributed by atoms with Crippen LogP contribution in [0.5, 0.6) is 5.75 Å². The maximum absolute atomic E-state index is 12.6. The molecule has 0 unspecified atom stereocenters. The molecule has 0 aliphatic rings. The average molecular weight is 390 g/mol. The molecule has 4 aromatic rings. The Morgan fingerprint density at radius 1 is 1.00 bits per heavy atom. The maximum Gasteiger partial charge on any atom is 0.321 e. The first-order valence-electron chi connectivity index (χ1n) is 8.92. The summed E-state index contributed by atoms with van der Waals surface area (Å²) in [6, 6.07) is 14.6. The van der Waals surface area contributed by atoms with E-state index in [1.54, 1.807) is 24.3 Å². The van der Waals surface area contributed by atoms with Crippen LogP contribution < -0.4 is 15.9 Å². The zero-order chi connectivity index (χ0) is 20.4. The molecule has 146 valence electrons. The van der Waals surface area contributed by atoms with Crippen molar-refractivity contribution in [1.82, 2.24) is 19.3 Å². The highest BCUT2D eigenvalue weighted by Gasteiger charge is 2.14. The van der Waals surface area contributed by atoms with Gasteiger partial charge < -0.3 is 9.26 Å². The van der Waals surface area contributed by atoms with Gasteiger partial charge in [-0.25, -0.2) is 0 Å². The summed E-state index contributed by atoms with van der Waals surface area (Å²) in [5, 5.41) is 3.98. The molecule has 0 spiro atoms. The first kappa shape index (κ1) is 18.4. The Hall–Kier alpha value is -3.94. The molecular weight excluding hydrogens is 372 g/mol. The third kappa shape index (κ3) is 3.47. The summed E-state index contributed by atoms with van der Waals surface area (Å²) >= 11 is 0. The summed E-state index contributed by atoms with van der Waals surface area (Å²) in [4.78, 5) is 29.6. The molecule has 0 aliphatic heterocycles. The second kappa shape index (κ2) is 7.59. The molecule has 0 bridgehead atoms. The number of rotatable bonds is 5. The third-order valence-corrected chi connectivity index (χ3v) is 4.56.